The first-order valence-corrected chi connectivity index (χ1v) is 8.69. The maximum Gasteiger partial charge on any atom is 0.222 e. The van der Waals surface area contributed by atoms with E-state index in [4.69, 9.17) is 4.74 Å². The summed E-state index contributed by atoms with van der Waals surface area (Å²) in [7, 11) is 0. The van der Waals surface area contributed by atoms with Gasteiger partial charge in [0.2, 0.25) is 5.95 Å². The van der Waals surface area contributed by atoms with Gasteiger partial charge in [0.1, 0.15) is 0 Å². The van der Waals surface area contributed by atoms with Crippen LogP contribution in [-0.4, -0.2) is 57.4 Å². The topological polar surface area (TPSA) is 70.5 Å². The van der Waals surface area contributed by atoms with E-state index in [1.165, 1.54) is 0 Å². The molecule has 0 aliphatic carbocycles. The Balaban J connectivity index is 1.52. The average molecular weight is 320 g/mol. The van der Waals surface area contributed by atoms with Crippen LogP contribution in [0, 0.1) is 0 Å². The zero-order chi connectivity index (χ0) is 16.3. The van der Waals surface area contributed by atoms with Crippen molar-refractivity contribution in [2.24, 2.45) is 0 Å². The molecule has 0 unspecified atom stereocenters. The van der Waals surface area contributed by atoms with Crippen molar-refractivity contribution in [3.05, 3.63) is 18.0 Å². The molecule has 0 saturated carbocycles. The van der Waals surface area contributed by atoms with Gasteiger partial charge in [-0.3, -0.25) is 4.90 Å². The Morgan fingerprint density at radius 2 is 2.04 bits per heavy atom. The van der Waals surface area contributed by atoms with Crippen molar-refractivity contribution in [3.63, 3.8) is 0 Å². The van der Waals surface area contributed by atoms with Crippen molar-refractivity contribution >= 4 is 5.95 Å². The lowest BCUT2D eigenvalue weighted by Crippen LogP contribution is -2.55. The molecule has 6 heteroatoms. The molecule has 2 saturated heterocycles. The lowest BCUT2D eigenvalue weighted by atomic mass is 9.82. The summed E-state index contributed by atoms with van der Waals surface area (Å²) in [5.41, 5.74) is 0.830. The Labute approximate surface area is 138 Å². The minimum atomic E-state index is -0.303. The fraction of sp³-hybridized carbons (Fsp3) is 0.765. The number of piperidine rings is 1. The predicted molar refractivity (Wildman–Crippen MR) is 89.2 cm³/mol. The van der Waals surface area contributed by atoms with Gasteiger partial charge in [0.05, 0.1) is 11.7 Å². The molecule has 0 amide bonds. The van der Waals surface area contributed by atoms with E-state index >= 15 is 0 Å². The minimum Gasteiger partial charge on any atom is -0.390 e. The Morgan fingerprint density at radius 1 is 1.35 bits per heavy atom. The number of hydrogen-bond donors (Lipinski definition) is 2. The van der Waals surface area contributed by atoms with Gasteiger partial charge >= 0.3 is 0 Å². The monoisotopic (exact) mass is 320 g/mol. The van der Waals surface area contributed by atoms with Crippen molar-refractivity contribution in [1.29, 1.82) is 0 Å². The molecule has 2 fully saturated rings. The molecule has 2 aliphatic rings. The van der Waals surface area contributed by atoms with Gasteiger partial charge in [-0.1, -0.05) is 0 Å². The van der Waals surface area contributed by atoms with Crippen LogP contribution in [0.5, 0.6) is 0 Å². The van der Waals surface area contributed by atoms with Crippen LogP contribution in [0.3, 0.4) is 0 Å². The first-order valence-electron chi connectivity index (χ1n) is 8.69. The number of aliphatic hydroxyl groups is 1. The van der Waals surface area contributed by atoms with Crippen LogP contribution in [0.1, 0.15) is 45.1 Å². The van der Waals surface area contributed by atoms with Gasteiger partial charge in [-0.05, 0) is 39.5 Å². The maximum atomic E-state index is 10.3. The second-order valence-electron chi connectivity index (χ2n) is 7.06. The Morgan fingerprint density at radius 3 is 2.65 bits per heavy atom. The van der Waals surface area contributed by atoms with Gasteiger partial charge in [0, 0.05) is 50.2 Å². The molecule has 0 radical (unpaired) electrons. The average Bonchev–Trinajstić information content (AvgIpc) is 2.54. The Bertz CT molecular complexity index is 498. The van der Waals surface area contributed by atoms with E-state index in [2.05, 4.69) is 34.0 Å². The van der Waals surface area contributed by atoms with Gasteiger partial charge < -0.3 is 15.2 Å². The summed E-state index contributed by atoms with van der Waals surface area (Å²) in [6, 6.07) is 0.334. The highest BCUT2D eigenvalue weighted by Gasteiger charge is 2.43. The lowest BCUT2D eigenvalue weighted by molar-refractivity contribution is -0.177. The van der Waals surface area contributed by atoms with E-state index in [-0.39, 0.29) is 11.7 Å². The summed E-state index contributed by atoms with van der Waals surface area (Å²) in [4.78, 5) is 11.1. The summed E-state index contributed by atoms with van der Waals surface area (Å²) < 4.78 is 5.96. The highest BCUT2D eigenvalue weighted by molar-refractivity contribution is 5.25. The molecule has 6 nitrogen and oxygen atoms in total. The smallest absolute Gasteiger partial charge is 0.222 e. The fourth-order valence-corrected chi connectivity index (χ4v) is 3.51. The third kappa shape index (κ3) is 4.00. The van der Waals surface area contributed by atoms with Crippen LogP contribution in [0.25, 0.3) is 0 Å². The van der Waals surface area contributed by atoms with Crippen molar-refractivity contribution in [3.8, 4) is 0 Å². The summed E-state index contributed by atoms with van der Waals surface area (Å²) in [5.74, 6) is 0.681. The highest BCUT2D eigenvalue weighted by Crippen LogP contribution is 2.35. The predicted octanol–water partition coefficient (Wildman–Crippen LogP) is 1.80. The van der Waals surface area contributed by atoms with Crippen LogP contribution >= 0.6 is 0 Å². The maximum absolute atomic E-state index is 10.3. The summed E-state index contributed by atoms with van der Waals surface area (Å²) in [6.45, 7) is 7.68. The van der Waals surface area contributed by atoms with Crippen LogP contribution in [0.4, 0.5) is 5.95 Å². The first kappa shape index (κ1) is 16.6. The molecule has 1 spiro atoms. The quantitative estimate of drug-likeness (QED) is 0.881. The number of nitrogens with one attached hydrogen (secondary N) is 1. The highest BCUT2D eigenvalue weighted by atomic mass is 16.5. The van der Waals surface area contributed by atoms with Crippen LogP contribution in [-0.2, 0) is 11.3 Å². The first-order chi connectivity index (χ1) is 11.1. The number of likely N-dealkylation sites (tertiary alicyclic amines) is 1. The third-order valence-electron chi connectivity index (χ3n) is 4.85. The second kappa shape index (κ2) is 7.11. The Kier molecular flexibility index (Phi) is 5.14. The largest absolute Gasteiger partial charge is 0.390 e. The number of rotatable bonds is 4. The van der Waals surface area contributed by atoms with Crippen molar-refractivity contribution < 1.29 is 9.84 Å². The molecule has 1 aromatic rings. The number of anilines is 1. The molecular formula is C17H28N4O2. The molecule has 2 aliphatic heterocycles. The van der Waals surface area contributed by atoms with E-state index in [0.29, 0.717) is 12.0 Å². The van der Waals surface area contributed by atoms with Gasteiger partial charge in [-0.15, -0.1) is 0 Å². The number of aliphatic hydroxyl groups excluding tert-OH is 1. The number of hydrogen-bond acceptors (Lipinski definition) is 6. The van der Waals surface area contributed by atoms with Gasteiger partial charge in [0.25, 0.3) is 0 Å². The molecule has 3 rings (SSSR count). The second-order valence-corrected chi connectivity index (χ2v) is 7.06. The van der Waals surface area contributed by atoms with E-state index < -0.39 is 0 Å². The Hall–Kier alpha value is -1.24. The zero-order valence-corrected chi connectivity index (χ0v) is 14.2. The number of nitrogens with zero attached hydrogens (tertiary/aromatic N) is 3. The van der Waals surface area contributed by atoms with Crippen molar-refractivity contribution in [2.75, 3.05) is 25.0 Å². The molecule has 1 atom stereocenters. The minimum absolute atomic E-state index is 0.295. The van der Waals surface area contributed by atoms with Crippen LogP contribution in [0.2, 0.25) is 0 Å². The number of aromatic nitrogens is 2. The molecule has 0 bridgehead atoms. The SMILES string of the molecule is CC(C)Nc1ncc(CN2CCC3(CC2)OCCC[C@H]3O)cn1. The summed E-state index contributed by atoms with van der Waals surface area (Å²) >= 11 is 0. The normalized spacial score (nSPS) is 25.0. The molecular weight excluding hydrogens is 292 g/mol. The van der Waals surface area contributed by atoms with E-state index in [1.54, 1.807) is 0 Å². The van der Waals surface area contributed by atoms with Crippen molar-refractivity contribution in [1.82, 2.24) is 14.9 Å². The van der Waals surface area contributed by atoms with Gasteiger partial charge in [-0.2, -0.15) is 0 Å². The molecule has 2 N–H and O–H groups in total. The molecule has 0 aromatic carbocycles. The van der Waals surface area contributed by atoms with E-state index in [1.807, 2.05) is 12.4 Å². The molecule has 23 heavy (non-hydrogen) atoms. The van der Waals surface area contributed by atoms with Gasteiger partial charge in [0.15, 0.2) is 0 Å². The van der Waals surface area contributed by atoms with Crippen LogP contribution < -0.4 is 5.32 Å². The fourth-order valence-electron chi connectivity index (χ4n) is 3.51. The lowest BCUT2D eigenvalue weighted by Gasteiger charge is -2.46. The van der Waals surface area contributed by atoms with Crippen molar-refractivity contribution in [2.45, 2.75) is 63.8 Å². The van der Waals surface area contributed by atoms with E-state index in [0.717, 1.165) is 57.5 Å². The number of ether oxygens (including phenoxy) is 1. The van der Waals surface area contributed by atoms with Crippen LogP contribution in [0.15, 0.2) is 12.4 Å². The third-order valence-corrected chi connectivity index (χ3v) is 4.85. The summed E-state index contributed by atoms with van der Waals surface area (Å²) in [5, 5.41) is 13.5. The molecule has 128 valence electrons. The summed E-state index contributed by atoms with van der Waals surface area (Å²) in [6.07, 6.45) is 7.15. The van der Waals surface area contributed by atoms with E-state index in [9.17, 15) is 5.11 Å². The molecule has 1 aromatic heterocycles. The zero-order valence-electron chi connectivity index (χ0n) is 14.2. The standard InChI is InChI=1S/C17H28N4O2/c1-13(2)20-16-18-10-14(11-19-16)12-21-7-5-17(6-8-21)15(22)4-3-9-23-17/h10-11,13,15,22H,3-9,12H2,1-2H3,(H,18,19,20)/t15-/m1/s1. The van der Waals surface area contributed by atoms with Gasteiger partial charge in [-0.25, -0.2) is 9.97 Å². The molecule has 3 heterocycles.